The SMILES string of the molecule is CCc1ccc(CC(=O)C(C)(C)C)c(N)c1. The first kappa shape index (κ1) is 12.8. The van der Waals surface area contributed by atoms with Gasteiger partial charge in [-0.15, -0.1) is 0 Å². The normalized spacial score (nSPS) is 11.5. The van der Waals surface area contributed by atoms with Crippen LogP contribution in [0.1, 0.15) is 38.8 Å². The van der Waals surface area contributed by atoms with E-state index in [1.807, 2.05) is 39.0 Å². The molecule has 0 heterocycles. The first-order valence-corrected chi connectivity index (χ1v) is 5.75. The molecule has 2 nitrogen and oxygen atoms in total. The number of nitrogens with two attached hydrogens (primary N) is 1. The van der Waals surface area contributed by atoms with Crippen molar-refractivity contribution < 1.29 is 4.79 Å². The van der Waals surface area contributed by atoms with E-state index in [2.05, 4.69) is 6.92 Å². The minimum atomic E-state index is -0.296. The summed E-state index contributed by atoms with van der Waals surface area (Å²) in [4.78, 5) is 11.9. The van der Waals surface area contributed by atoms with E-state index in [1.165, 1.54) is 5.56 Å². The quantitative estimate of drug-likeness (QED) is 0.794. The second-order valence-corrected chi connectivity index (χ2v) is 5.24. The molecular weight excluding hydrogens is 198 g/mol. The largest absolute Gasteiger partial charge is 0.398 e. The molecule has 0 aliphatic carbocycles. The van der Waals surface area contributed by atoms with Crippen molar-refractivity contribution in [3.8, 4) is 0 Å². The minimum Gasteiger partial charge on any atom is -0.398 e. The van der Waals surface area contributed by atoms with Crippen LogP contribution in [0.3, 0.4) is 0 Å². The molecule has 2 N–H and O–H groups in total. The predicted octanol–water partition coefficient (Wildman–Crippen LogP) is 2.99. The Hall–Kier alpha value is -1.31. The number of ketones is 1. The van der Waals surface area contributed by atoms with E-state index in [9.17, 15) is 4.79 Å². The fraction of sp³-hybridized carbons (Fsp3) is 0.500. The maximum atomic E-state index is 11.9. The molecule has 0 saturated carbocycles. The minimum absolute atomic E-state index is 0.225. The Kier molecular flexibility index (Phi) is 3.74. The van der Waals surface area contributed by atoms with E-state index in [-0.39, 0.29) is 11.2 Å². The standard InChI is InChI=1S/C14H21NO/c1-5-10-6-7-11(12(15)8-10)9-13(16)14(2,3)4/h6-8H,5,9,15H2,1-4H3. The highest BCUT2D eigenvalue weighted by atomic mass is 16.1. The summed E-state index contributed by atoms with van der Waals surface area (Å²) in [7, 11) is 0. The number of aryl methyl sites for hydroxylation is 1. The summed E-state index contributed by atoms with van der Waals surface area (Å²) < 4.78 is 0. The number of anilines is 1. The van der Waals surface area contributed by atoms with Gasteiger partial charge in [0.25, 0.3) is 0 Å². The number of carbonyl (C=O) groups is 1. The molecule has 0 spiro atoms. The maximum absolute atomic E-state index is 11.9. The van der Waals surface area contributed by atoms with Gasteiger partial charge in [-0.25, -0.2) is 0 Å². The summed E-state index contributed by atoms with van der Waals surface area (Å²) in [5.41, 5.74) is 8.53. The lowest BCUT2D eigenvalue weighted by atomic mass is 9.86. The van der Waals surface area contributed by atoms with Gasteiger partial charge in [0.05, 0.1) is 0 Å². The molecule has 1 aromatic carbocycles. The van der Waals surface area contributed by atoms with Crippen molar-refractivity contribution in [2.45, 2.75) is 40.5 Å². The monoisotopic (exact) mass is 219 g/mol. The first-order chi connectivity index (χ1) is 7.34. The first-order valence-electron chi connectivity index (χ1n) is 5.75. The Balaban J connectivity index is 2.87. The summed E-state index contributed by atoms with van der Waals surface area (Å²) in [6.07, 6.45) is 1.40. The Morgan fingerprint density at radius 1 is 1.31 bits per heavy atom. The van der Waals surface area contributed by atoms with Gasteiger partial charge < -0.3 is 5.73 Å². The third-order valence-electron chi connectivity index (χ3n) is 2.81. The Bertz CT molecular complexity index is 388. The lowest BCUT2D eigenvalue weighted by Crippen LogP contribution is -2.22. The molecule has 0 aliphatic heterocycles. The van der Waals surface area contributed by atoms with Gasteiger partial charge in [-0.1, -0.05) is 39.8 Å². The summed E-state index contributed by atoms with van der Waals surface area (Å²) in [6, 6.07) is 5.98. The van der Waals surface area contributed by atoms with Gasteiger partial charge in [-0.05, 0) is 23.6 Å². The van der Waals surface area contributed by atoms with Gasteiger partial charge >= 0.3 is 0 Å². The number of hydrogen-bond donors (Lipinski definition) is 1. The van der Waals surface area contributed by atoms with Crippen molar-refractivity contribution >= 4 is 11.5 Å². The molecule has 88 valence electrons. The lowest BCUT2D eigenvalue weighted by molar-refractivity contribution is -0.125. The maximum Gasteiger partial charge on any atom is 0.142 e. The predicted molar refractivity (Wildman–Crippen MR) is 68.4 cm³/mol. The second kappa shape index (κ2) is 4.69. The van der Waals surface area contributed by atoms with E-state index < -0.39 is 0 Å². The average Bonchev–Trinajstić information content (AvgIpc) is 2.19. The molecule has 0 bridgehead atoms. The zero-order chi connectivity index (χ0) is 12.3. The highest BCUT2D eigenvalue weighted by molar-refractivity contribution is 5.86. The van der Waals surface area contributed by atoms with Gasteiger partial charge in [0.15, 0.2) is 0 Å². The van der Waals surface area contributed by atoms with Crippen molar-refractivity contribution in [2.24, 2.45) is 5.41 Å². The molecule has 2 heteroatoms. The van der Waals surface area contributed by atoms with Crippen molar-refractivity contribution in [3.05, 3.63) is 29.3 Å². The smallest absolute Gasteiger partial charge is 0.142 e. The van der Waals surface area contributed by atoms with Crippen LogP contribution in [0.15, 0.2) is 18.2 Å². The van der Waals surface area contributed by atoms with E-state index >= 15 is 0 Å². The molecular formula is C14H21NO. The molecule has 16 heavy (non-hydrogen) atoms. The summed E-state index contributed by atoms with van der Waals surface area (Å²) in [5, 5.41) is 0. The van der Waals surface area contributed by atoms with Gasteiger partial charge in [0, 0.05) is 17.5 Å². The number of carbonyl (C=O) groups excluding carboxylic acids is 1. The molecule has 0 aromatic heterocycles. The number of Topliss-reactive ketones (excluding diaryl/α,β-unsaturated/α-hetero) is 1. The van der Waals surface area contributed by atoms with E-state index in [0.717, 1.165) is 17.7 Å². The number of hydrogen-bond acceptors (Lipinski definition) is 2. The van der Waals surface area contributed by atoms with Crippen LogP contribution in [0.5, 0.6) is 0 Å². The van der Waals surface area contributed by atoms with Crippen LogP contribution in [0.4, 0.5) is 5.69 Å². The van der Waals surface area contributed by atoms with Crippen LogP contribution in [0, 0.1) is 5.41 Å². The molecule has 0 amide bonds. The Morgan fingerprint density at radius 3 is 2.38 bits per heavy atom. The van der Waals surface area contributed by atoms with E-state index in [0.29, 0.717) is 6.42 Å². The van der Waals surface area contributed by atoms with Gasteiger partial charge in [-0.2, -0.15) is 0 Å². The van der Waals surface area contributed by atoms with Crippen molar-refractivity contribution in [3.63, 3.8) is 0 Å². The molecule has 0 unspecified atom stereocenters. The third kappa shape index (κ3) is 3.09. The topological polar surface area (TPSA) is 43.1 Å². The zero-order valence-electron chi connectivity index (χ0n) is 10.6. The highest BCUT2D eigenvalue weighted by Crippen LogP contribution is 2.21. The summed E-state index contributed by atoms with van der Waals surface area (Å²) in [6.45, 7) is 7.90. The molecule has 0 saturated heterocycles. The van der Waals surface area contributed by atoms with Crippen molar-refractivity contribution in [2.75, 3.05) is 5.73 Å². The Labute approximate surface area is 97.9 Å². The highest BCUT2D eigenvalue weighted by Gasteiger charge is 2.21. The second-order valence-electron chi connectivity index (χ2n) is 5.24. The van der Waals surface area contributed by atoms with E-state index in [4.69, 9.17) is 5.73 Å². The number of nitrogen functional groups attached to an aromatic ring is 1. The van der Waals surface area contributed by atoms with Crippen molar-refractivity contribution in [1.29, 1.82) is 0 Å². The molecule has 0 fully saturated rings. The fourth-order valence-corrected chi connectivity index (χ4v) is 1.46. The Morgan fingerprint density at radius 2 is 1.94 bits per heavy atom. The molecule has 0 radical (unpaired) electrons. The van der Waals surface area contributed by atoms with Crippen LogP contribution in [-0.2, 0) is 17.6 Å². The van der Waals surface area contributed by atoms with Gasteiger partial charge in [0.2, 0.25) is 0 Å². The number of rotatable bonds is 3. The van der Waals surface area contributed by atoms with Crippen LogP contribution < -0.4 is 5.73 Å². The lowest BCUT2D eigenvalue weighted by Gasteiger charge is -2.17. The number of benzene rings is 1. The molecule has 1 rings (SSSR count). The van der Waals surface area contributed by atoms with Crippen LogP contribution in [0.25, 0.3) is 0 Å². The van der Waals surface area contributed by atoms with Gasteiger partial charge in [0.1, 0.15) is 5.78 Å². The third-order valence-corrected chi connectivity index (χ3v) is 2.81. The van der Waals surface area contributed by atoms with Crippen LogP contribution in [0.2, 0.25) is 0 Å². The molecule has 0 atom stereocenters. The van der Waals surface area contributed by atoms with Crippen LogP contribution in [-0.4, -0.2) is 5.78 Å². The molecule has 0 aliphatic rings. The fourth-order valence-electron chi connectivity index (χ4n) is 1.46. The van der Waals surface area contributed by atoms with Gasteiger partial charge in [-0.3, -0.25) is 4.79 Å². The van der Waals surface area contributed by atoms with Crippen molar-refractivity contribution in [1.82, 2.24) is 0 Å². The zero-order valence-corrected chi connectivity index (χ0v) is 10.6. The summed E-state index contributed by atoms with van der Waals surface area (Å²) in [5.74, 6) is 0.225. The average molecular weight is 219 g/mol. The van der Waals surface area contributed by atoms with Crippen LogP contribution >= 0.6 is 0 Å². The summed E-state index contributed by atoms with van der Waals surface area (Å²) >= 11 is 0. The molecule has 1 aromatic rings. The van der Waals surface area contributed by atoms with E-state index in [1.54, 1.807) is 0 Å².